The first kappa shape index (κ1) is 20.2. The second kappa shape index (κ2) is 7.77. The van der Waals surface area contributed by atoms with E-state index in [1.165, 1.54) is 12.8 Å². The van der Waals surface area contributed by atoms with Crippen LogP contribution in [0.4, 0.5) is 23.1 Å². The van der Waals surface area contributed by atoms with Gasteiger partial charge < -0.3 is 15.2 Å². The quantitative estimate of drug-likeness (QED) is 0.335. The maximum Gasteiger partial charge on any atom is 0.229 e. The Balaban J connectivity index is 1.42. The van der Waals surface area contributed by atoms with Gasteiger partial charge in [0.2, 0.25) is 5.95 Å². The highest BCUT2D eigenvalue weighted by atomic mass is 79.9. The maximum atomic E-state index is 12.7. The SMILES string of the molecule is CP(C)(=O)c1ccccc1Nc1nc(Nc2ccc3c(cnn3C3CC3)c2)ncc1Br. The van der Waals surface area contributed by atoms with Gasteiger partial charge in [-0.3, -0.25) is 4.68 Å². The highest BCUT2D eigenvalue weighted by Crippen LogP contribution is 2.39. The third-order valence-corrected chi connectivity index (χ3v) is 7.36. The summed E-state index contributed by atoms with van der Waals surface area (Å²) in [7, 11) is -2.44. The molecule has 5 rings (SSSR count). The molecule has 1 fully saturated rings. The van der Waals surface area contributed by atoms with Gasteiger partial charge in [0.1, 0.15) is 13.0 Å². The molecule has 2 aromatic heterocycles. The normalized spacial score (nSPS) is 14.0. The Kier molecular flexibility index (Phi) is 5.07. The minimum absolute atomic E-state index is 0.466. The van der Waals surface area contributed by atoms with Gasteiger partial charge in [-0.2, -0.15) is 10.1 Å². The zero-order valence-corrected chi connectivity index (χ0v) is 19.7. The van der Waals surface area contributed by atoms with Crippen LogP contribution in [-0.4, -0.2) is 33.1 Å². The summed E-state index contributed by atoms with van der Waals surface area (Å²) in [5.41, 5.74) is 2.81. The number of para-hydroxylation sites is 1. The lowest BCUT2D eigenvalue weighted by Gasteiger charge is -2.16. The van der Waals surface area contributed by atoms with Crippen molar-refractivity contribution in [2.75, 3.05) is 24.0 Å². The van der Waals surface area contributed by atoms with Crippen LogP contribution in [0, 0.1) is 0 Å². The lowest BCUT2D eigenvalue weighted by Crippen LogP contribution is -2.11. The summed E-state index contributed by atoms with van der Waals surface area (Å²) < 4.78 is 15.5. The van der Waals surface area contributed by atoms with Crippen molar-refractivity contribution in [1.82, 2.24) is 19.7 Å². The van der Waals surface area contributed by atoms with E-state index in [-0.39, 0.29) is 0 Å². The van der Waals surface area contributed by atoms with Gasteiger partial charge in [0.15, 0.2) is 0 Å². The summed E-state index contributed by atoms with van der Waals surface area (Å²) >= 11 is 3.51. The van der Waals surface area contributed by atoms with Gasteiger partial charge in [0.05, 0.1) is 27.9 Å². The molecule has 0 aliphatic heterocycles. The van der Waals surface area contributed by atoms with E-state index in [0.29, 0.717) is 17.8 Å². The second-order valence-corrected chi connectivity index (χ2v) is 12.1. The molecule has 0 radical (unpaired) electrons. The fourth-order valence-electron chi connectivity index (χ4n) is 3.56. The standard InChI is InChI=1S/C22H22BrN6OP/c1-31(2,30)20-6-4-3-5-18(20)27-21-17(23)13-24-22(28-21)26-15-7-10-19-14(11-15)12-25-29(19)16-8-9-16/h3-7,10-13,16H,8-9H2,1-2H3,(H2,24,26,27,28). The number of fused-ring (bicyclic) bond motifs is 1. The molecule has 0 bridgehead atoms. The minimum Gasteiger partial charge on any atom is -0.339 e. The van der Waals surface area contributed by atoms with E-state index in [9.17, 15) is 4.57 Å². The van der Waals surface area contributed by atoms with Gasteiger partial charge in [0.25, 0.3) is 0 Å². The summed E-state index contributed by atoms with van der Waals surface area (Å²) in [6.07, 6.45) is 6.00. The number of aromatic nitrogens is 4. The van der Waals surface area contributed by atoms with Crippen LogP contribution in [0.15, 0.2) is 59.3 Å². The Morgan fingerprint density at radius 2 is 1.90 bits per heavy atom. The molecule has 0 amide bonds. The largest absolute Gasteiger partial charge is 0.339 e. The van der Waals surface area contributed by atoms with Gasteiger partial charge in [-0.15, -0.1) is 0 Å². The third kappa shape index (κ3) is 4.23. The van der Waals surface area contributed by atoms with Crippen LogP contribution in [-0.2, 0) is 4.57 Å². The number of benzene rings is 2. The van der Waals surface area contributed by atoms with E-state index in [1.807, 2.05) is 36.5 Å². The van der Waals surface area contributed by atoms with Crippen LogP contribution in [0.25, 0.3) is 10.9 Å². The number of nitrogens with zero attached hydrogens (tertiary/aromatic N) is 4. The van der Waals surface area contributed by atoms with Crippen LogP contribution in [0.2, 0.25) is 0 Å². The van der Waals surface area contributed by atoms with Crippen LogP contribution >= 0.6 is 23.1 Å². The van der Waals surface area contributed by atoms with Crippen molar-refractivity contribution in [2.45, 2.75) is 18.9 Å². The number of hydrogen-bond acceptors (Lipinski definition) is 6. The van der Waals surface area contributed by atoms with Gasteiger partial charge in [0, 0.05) is 22.6 Å². The minimum atomic E-state index is -2.44. The second-order valence-electron chi connectivity index (χ2n) is 8.10. The molecule has 0 unspecified atom stereocenters. The molecular weight excluding hydrogens is 475 g/mol. The van der Waals surface area contributed by atoms with Crippen LogP contribution in [0.3, 0.4) is 0 Å². The molecule has 9 heteroatoms. The summed E-state index contributed by atoms with van der Waals surface area (Å²) in [5, 5.41) is 13.0. The Labute approximate surface area is 188 Å². The number of halogens is 1. The lowest BCUT2D eigenvalue weighted by atomic mass is 10.2. The average molecular weight is 497 g/mol. The molecule has 0 saturated heterocycles. The molecular formula is C22H22BrN6OP. The van der Waals surface area contributed by atoms with Crippen LogP contribution < -0.4 is 15.9 Å². The highest BCUT2D eigenvalue weighted by molar-refractivity contribution is 9.10. The molecule has 1 saturated carbocycles. The summed E-state index contributed by atoms with van der Waals surface area (Å²) in [6.45, 7) is 3.52. The van der Waals surface area contributed by atoms with E-state index in [0.717, 1.165) is 32.1 Å². The predicted octanol–water partition coefficient (Wildman–Crippen LogP) is 5.66. The van der Waals surface area contributed by atoms with Crippen molar-refractivity contribution in [1.29, 1.82) is 0 Å². The van der Waals surface area contributed by atoms with E-state index in [1.54, 1.807) is 19.5 Å². The van der Waals surface area contributed by atoms with E-state index < -0.39 is 7.14 Å². The van der Waals surface area contributed by atoms with Gasteiger partial charge >= 0.3 is 0 Å². The first-order valence-electron chi connectivity index (χ1n) is 10.1. The van der Waals surface area contributed by atoms with Crippen molar-refractivity contribution in [3.05, 3.63) is 59.3 Å². The predicted molar refractivity (Wildman–Crippen MR) is 130 cm³/mol. The lowest BCUT2D eigenvalue weighted by molar-refractivity contribution is 0.588. The number of nitrogens with one attached hydrogen (secondary N) is 2. The maximum absolute atomic E-state index is 12.7. The van der Waals surface area contributed by atoms with Gasteiger partial charge in [-0.05, 0) is 72.4 Å². The Hall–Kier alpha value is -2.70. The van der Waals surface area contributed by atoms with Gasteiger partial charge in [-0.25, -0.2) is 4.98 Å². The number of hydrogen-bond donors (Lipinski definition) is 2. The molecule has 0 atom stereocenters. The Morgan fingerprint density at radius 3 is 2.68 bits per heavy atom. The van der Waals surface area contributed by atoms with Crippen molar-refractivity contribution in [3.63, 3.8) is 0 Å². The zero-order chi connectivity index (χ0) is 21.6. The summed E-state index contributed by atoms with van der Waals surface area (Å²) in [6, 6.07) is 14.3. The molecule has 7 nitrogen and oxygen atoms in total. The Morgan fingerprint density at radius 1 is 1.10 bits per heavy atom. The average Bonchev–Trinajstić information content (AvgIpc) is 3.49. The van der Waals surface area contributed by atoms with Crippen LogP contribution in [0.5, 0.6) is 0 Å². The topological polar surface area (TPSA) is 84.7 Å². The molecule has 2 aromatic carbocycles. The van der Waals surface area contributed by atoms with Crippen molar-refractivity contribution >= 4 is 62.4 Å². The molecule has 1 aliphatic rings. The highest BCUT2D eigenvalue weighted by Gasteiger charge is 2.25. The third-order valence-electron chi connectivity index (χ3n) is 5.23. The number of rotatable bonds is 6. The first-order valence-corrected chi connectivity index (χ1v) is 13.5. The van der Waals surface area contributed by atoms with E-state index in [2.05, 4.69) is 58.4 Å². The molecule has 0 spiro atoms. The molecule has 31 heavy (non-hydrogen) atoms. The van der Waals surface area contributed by atoms with Crippen molar-refractivity contribution in [3.8, 4) is 0 Å². The fraction of sp³-hybridized carbons (Fsp3) is 0.227. The molecule has 2 heterocycles. The molecule has 2 N–H and O–H groups in total. The van der Waals surface area contributed by atoms with E-state index in [4.69, 9.17) is 0 Å². The van der Waals surface area contributed by atoms with Gasteiger partial charge in [-0.1, -0.05) is 12.1 Å². The first-order chi connectivity index (χ1) is 14.9. The van der Waals surface area contributed by atoms with Crippen molar-refractivity contribution in [2.24, 2.45) is 0 Å². The number of anilines is 4. The molecule has 158 valence electrons. The molecule has 4 aromatic rings. The monoisotopic (exact) mass is 496 g/mol. The summed E-state index contributed by atoms with van der Waals surface area (Å²) in [4.78, 5) is 9.00. The van der Waals surface area contributed by atoms with Crippen LogP contribution in [0.1, 0.15) is 18.9 Å². The van der Waals surface area contributed by atoms with E-state index >= 15 is 0 Å². The zero-order valence-electron chi connectivity index (χ0n) is 17.2. The van der Waals surface area contributed by atoms with Crippen molar-refractivity contribution < 1.29 is 4.57 Å². The molecule has 1 aliphatic carbocycles. The fourth-order valence-corrected chi connectivity index (χ4v) is 5.01. The summed E-state index contributed by atoms with van der Waals surface area (Å²) in [5.74, 6) is 1.06. The Bertz CT molecular complexity index is 1330. The smallest absolute Gasteiger partial charge is 0.229 e.